The lowest BCUT2D eigenvalue weighted by Crippen LogP contribution is -2.40. The molecule has 0 heterocycles. The molecule has 1 atom stereocenters. The zero-order valence-corrected chi connectivity index (χ0v) is 17.2. The van der Waals surface area contributed by atoms with Crippen LogP contribution in [0.5, 0.6) is 0 Å². The van der Waals surface area contributed by atoms with Crippen LogP contribution in [0.3, 0.4) is 0 Å². The van der Waals surface area contributed by atoms with Crippen LogP contribution >= 0.6 is 23.2 Å². The van der Waals surface area contributed by atoms with Crippen molar-refractivity contribution in [1.82, 2.24) is 10.6 Å². The summed E-state index contributed by atoms with van der Waals surface area (Å²) in [6, 6.07) is 12.3. The van der Waals surface area contributed by atoms with Crippen LogP contribution in [0.4, 0.5) is 11.4 Å². The summed E-state index contributed by atoms with van der Waals surface area (Å²) in [6.45, 7) is 2.08. The van der Waals surface area contributed by atoms with Crippen LogP contribution in [0.1, 0.15) is 12.5 Å². The highest BCUT2D eigenvalue weighted by atomic mass is 35.5. The Morgan fingerprint density at radius 1 is 1.07 bits per heavy atom. The van der Waals surface area contributed by atoms with E-state index in [1.807, 2.05) is 24.3 Å². The fourth-order valence-corrected chi connectivity index (χ4v) is 2.99. The van der Waals surface area contributed by atoms with Crippen molar-refractivity contribution >= 4 is 46.5 Å². The molecule has 0 saturated carbocycles. The van der Waals surface area contributed by atoms with E-state index >= 15 is 0 Å². The topological polar surface area (TPSA) is 79.5 Å². The van der Waals surface area contributed by atoms with Crippen LogP contribution in [0.25, 0.3) is 0 Å². The molecular weight excluding hydrogens is 401 g/mol. The SMILES string of the molecule is CNCC(=O)NC(C)COC(=O)Cc1ccccc1Nc1c(Cl)cccc1Cl. The Morgan fingerprint density at radius 3 is 2.43 bits per heavy atom. The molecule has 1 unspecified atom stereocenters. The molecule has 1 amide bonds. The van der Waals surface area contributed by atoms with Gasteiger partial charge < -0.3 is 20.7 Å². The number of hydrogen-bond acceptors (Lipinski definition) is 5. The van der Waals surface area contributed by atoms with E-state index in [1.54, 1.807) is 32.2 Å². The van der Waals surface area contributed by atoms with Gasteiger partial charge >= 0.3 is 5.97 Å². The largest absolute Gasteiger partial charge is 0.463 e. The van der Waals surface area contributed by atoms with Gasteiger partial charge in [0.25, 0.3) is 0 Å². The Morgan fingerprint density at radius 2 is 1.75 bits per heavy atom. The van der Waals surface area contributed by atoms with Gasteiger partial charge in [-0.3, -0.25) is 9.59 Å². The maximum Gasteiger partial charge on any atom is 0.310 e. The maximum absolute atomic E-state index is 12.2. The second kappa shape index (κ2) is 10.9. The number of likely N-dealkylation sites (N-methyl/N-ethyl adjacent to an activating group) is 1. The van der Waals surface area contributed by atoms with Crippen LogP contribution in [0, 0.1) is 0 Å². The van der Waals surface area contributed by atoms with Crippen molar-refractivity contribution in [2.75, 3.05) is 25.5 Å². The number of halogens is 2. The van der Waals surface area contributed by atoms with Crippen LogP contribution in [0.15, 0.2) is 42.5 Å². The van der Waals surface area contributed by atoms with Crippen molar-refractivity contribution < 1.29 is 14.3 Å². The summed E-state index contributed by atoms with van der Waals surface area (Å²) in [5, 5.41) is 9.64. The molecule has 28 heavy (non-hydrogen) atoms. The molecule has 2 aromatic rings. The second-order valence-corrected chi connectivity index (χ2v) is 7.05. The summed E-state index contributed by atoms with van der Waals surface area (Å²) in [5.74, 6) is -0.550. The minimum Gasteiger partial charge on any atom is -0.463 e. The minimum absolute atomic E-state index is 0.0719. The second-order valence-electron chi connectivity index (χ2n) is 6.24. The molecule has 0 aliphatic rings. The van der Waals surface area contributed by atoms with Gasteiger partial charge in [0.1, 0.15) is 6.61 Å². The van der Waals surface area contributed by atoms with Crippen molar-refractivity contribution in [3.05, 3.63) is 58.1 Å². The van der Waals surface area contributed by atoms with Gasteiger partial charge in [0.05, 0.1) is 34.7 Å². The molecule has 0 bridgehead atoms. The lowest BCUT2D eigenvalue weighted by atomic mass is 10.1. The number of carbonyl (C=O) groups is 2. The van der Waals surface area contributed by atoms with Gasteiger partial charge in [-0.05, 0) is 37.7 Å². The molecule has 3 N–H and O–H groups in total. The molecule has 0 radical (unpaired) electrons. The summed E-state index contributed by atoms with van der Waals surface area (Å²) in [4.78, 5) is 23.8. The van der Waals surface area contributed by atoms with Crippen molar-refractivity contribution in [1.29, 1.82) is 0 Å². The van der Waals surface area contributed by atoms with E-state index in [4.69, 9.17) is 27.9 Å². The number of nitrogens with one attached hydrogen (secondary N) is 3. The van der Waals surface area contributed by atoms with Gasteiger partial charge in [0, 0.05) is 5.69 Å². The molecule has 0 aliphatic carbocycles. The van der Waals surface area contributed by atoms with Gasteiger partial charge in [-0.2, -0.15) is 0 Å². The molecule has 0 aromatic heterocycles. The number of esters is 1. The fourth-order valence-electron chi connectivity index (χ4n) is 2.50. The number of carbonyl (C=O) groups excluding carboxylic acids is 2. The average Bonchev–Trinajstić information content (AvgIpc) is 2.64. The highest BCUT2D eigenvalue weighted by Crippen LogP contribution is 2.33. The van der Waals surface area contributed by atoms with Crippen molar-refractivity contribution in [2.45, 2.75) is 19.4 Å². The van der Waals surface area contributed by atoms with E-state index < -0.39 is 5.97 Å². The quantitative estimate of drug-likeness (QED) is 0.537. The van der Waals surface area contributed by atoms with Gasteiger partial charge in [0.15, 0.2) is 0 Å². The highest BCUT2D eigenvalue weighted by molar-refractivity contribution is 6.39. The Labute approximate surface area is 174 Å². The van der Waals surface area contributed by atoms with Gasteiger partial charge in [-0.25, -0.2) is 0 Å². The first kappa shape index (κ1) is 22.0. The smallest absolute Gasteiger partial charge is 0.310 e. The summed E-state index contributed by atoms with van der Waals surface area (Å²) in [7, 11) is 1.69. The maximum atomic E-state index is 12.2. The molecule has 0 aliphatic heterocycles. The Bertz CT molecular complexity index is 810. The normalized spacial score (nSPS) is 11.6. The first-order valence-corrected chi connectivity index (χ1v) is 9.54. The molecule has 2 aromatic carbocycles. The predicted octanol–water partition coefficient (Wildman–Crippen LogP) is 3.55. The Balaban J connectivity index is 1.97. The van der Waals surface area contributed by atoms with Crippen LogP contribution in [-0.4, -0.2) is 38.1 Å². The first-order chi connectivity index (χ1) is 13.4. The van der Waals surface area contributed by atoms with Gasteiger partial charge in [0.2, 0.25) is 5.91 Å². The van der Waals surface area contributed by atoms with Gasteiger partial charge in [-0.15, -0.1) is 0 Å². The zero-order chi connectivity index (χ0) is 20.5. The number of ether oxygens (including phenoxy) is 1. The lowest BCUT2D eigenvalue weighted by molar-refractivity contribution is -0.144. The summed E-state index contributed by atoms with van der Waals surface area (Å²) >= 11 is 12.4. The van der Waals surface area contributed by atoms with Crippen LogP contribution in [-0.2, 0) is 20.7 Å². The molecule has 0 spiro atoms. The third-order valence-electron chi connectivity index (χ3n) is 3.81. The third-order valence-corrected chi connectivity index (χ3v) is 4.44. The number of hydrogen-bond donors (Lipinski definition) is 3. The van der Waals surface area contributed by atoms with E-state index in [9.17, 15) is 9.59 Å². The number of benzene rings is 2. The van der Waals surface area contributed by atoms with E-state index in [2.05, 4.69) is 16.0 Å². The highest BCUT2D eigenvalue weighted by Gasteiger charge is 2.14. The average molecular weight is 424 g/mol. The molecule has 2 rings (SSSR count). The molecule has 0 fully saturated rings. The molecule has 0 saturated heterocycles. The zero-order valence-electron chi connectivity index (χ0n) is 15.7. The Hall–Kier alpha value is -2.28. The monoisotopic (exact) mass is 423 g/mol. The minimum atomic E-state index is -0.394. The van der Waals surface area contributed by atoms with Crippen LogP contribution < -0.4 is 16.0 Å². The third kappa shape index (κ3) is 6.71. The van der Waals surface area contributed by atoms with E-state index in [-0.39, 0.29) is 31.5 Å². The van der Waals surface area contributed by atoms with E-state index in [0.29, 0.717) is 21.4 Å². The van der Waals surface area contributed by atoms with Crippen molar-refractivity contribution in [3.63, 3.8) is 0 Å². The molecular formula is C20H23Cl2N3O3. The fraction of sp³-hybridized carbons (Fsp3) is 0.300. The van der Waals surface area contributed by atoms with Gasteiger partial charge in [-0.1, -0.05) is 47.5 Å². The first-order valence-electron chi connectivity index (χ1n) is 8.79. The number of amides is 1. The Kier molecular flexibility index (Phi) is 8.57. The van der Waals surface area contributed by atoms with Crippen molar-refractivity contribution in [2.24, 2.45) is 0 Å². The summed E-state index contributed by atoms with van der Waals surface area (Å²) in [5.41, 5.74) is 2.03. The molecule has 6 nitrogen and oxygen atoms in total. The number of para-hydroxylation sites is 2. The van der Waals surface area contributed by atoms with Crippen LogP contribution in [0.2, 0.25) is 10.0 Å². The summed E-state index contributed by atoms with van der Waals surface area (Å²) < 4.78 is 5.29. The van der Waals surface area contributed by atoms with E-state index in [0.717, 1.165) is 5.56 Å². The number of rotatable bonds is 9. The standard InChI is InChI=1S/C20H23Cl2N3O3/c1-13(24-18(26)11-23-2)12-28-19(27)10-14-6-3-4-9-17(14)25-20-15(21)7-5-8-16(20)22/h3-9,13,23,25H,10-12H2,1-2H3,(H,24,26). The molecule has 8 heteroatoms. The molecule has 150 valence electrons. The predicted molar refractivity (Wildman–Crippen MR) is 112 cm³/mol. The van der Waals surface area contributed by atoms with Crippen molar-refractivity contribution in [3.8, 4) is 0 Å². The van der Waals surface area contributed by atoms with E-state index in [1.165, 1.54) is 0 Å². The lowest BCUT2D eigenvalue weighted by Gasteiger charge is -2.16. The number of anilines is 2. The summed E-state index contributed by atoms with van der Waals surface area (Å²) in [6.07, 6.45) is 0.0719.